The first-order valence-corrected chi connectivity index (χ1v) is 6.65. The number of hydrogen-bond acceptors (Lipinski definition) is 4. The molecule has 4 nitrogen and oxygen atoms in total. The standard InChI is InChI=1S/C15H21NO3/c1-18-12-7-8-14(19-2)13(9-12)15(16)10-3-5-11(17)6-4-10/h7-10,15H,3-6,16H2,1-2H3. The molecule has 1 aromatic carbocycles. The van der Waals surface area contributed by atoms with E-state index >= 15 is 0 Å². The third-order valence-electron chi connectivity index (χ3n) is 3.89. The molecule has 0 amide bonds. The molecule has 0 heterocycles. The van der Waals surface area contributed by atoms with Crippen molar-refractivity contribution in [2.75, 3.05) is 14.2 Å². The number of nitrogens with two attached hydrogens (primary N) is 1. The minimum absolute atomic E-state index is 0.113. The fourth-order valence-corrected chi connectivity index (χ4v) is 2.68. The maximum atomic E-state index is 11.3. The topological polar surface area (TPSA) is 61.6 Å². The van der Waals surface area contributed by atoms with Crippen molar-refractivity contribution in [3.8, 4) is 11.5 Å². The van der Waals surface area contributed by atoms with E-state index in [1.165, 1.54) is 0 Å². The normalized spacial score (nSPS) is 18.2. The highest BCUT2D eigenvalue weighted by Gasteiger charge is 2.27. The monoisotopic (exact) mass is 263 g/mol. The largest absolute Gasteiger partial charge is 0.497 e. The quantitative estimate of drug-likeness (QED) is 0.906. The van der Waals surface area contributed by atoms with Crippen molar-refractivity contribution < 1.29 is 14.3 Å². The Labute approximate surface area is 113 Å². The van der Waals surface area contributed by atoms with Gasteiger partial charge in [0.2, 0.25) is 0 Å². The Morgan fingerprint density at radius 1 is 1.21 bits per heavy atom. The summed E-state index contributed by atoms with van der Waals surface area (Å²) in [4.78, 5) is 11.3. The molecule has 1 atom stereocenters. The fourth-order valence-electron chi connectivity index (χ4n) is 2.68. The number of carbonyl (C=O) groups is 1. The van der Waals surface area contributed by atoms with Crippen molar-refractivity contribution in [1.29, 1.82) is 0 Å². The van der Waals surface area contributed by atoms with Gasteiger partial charge in [-0.25, -0.2) is 0 Å². The average molecular weight is 263 g/mol. The summed E-state index contributed by atoms with van der Waals surface area (Å²) in [5, 5.41) is 0. The van der Waals surface area contributed by atoms with Crippen molar-refractivity contribution in [3.63, 3.8) is 0 Å². The van der Waals surface area contributed by atoms with Gasteiger partial charge in [-0.3, -0.25) is 4.79 Å². The molecule has 4 heteroatoms. The van der Waals surface area contributed by atoms with E-state index in [4.69, 9.17) is 15.2 Å². The molecule has 0 spiro atoms. The van der Waals surface area contributed by atoms with Crippen LogP contribution in [0.4, 0.5) is 0 Å². The molecule has 0 aromatic heterocycles. The molecule has 2 rings (SSSR count). The van der Waals surface area contributed by atoms with Crippen molar-refractivity contribution in [1.82, 2.24) is 0 Å². The van der Waals surface area contributed by atoms with Gasteiger partial charge < -0.3 is 15.2 Å². The number of hydrogen-bond donors (Lipinski definition) is 1. The van der Waals surface area contributed by atoms with Crippen LogP contribution in [0, 0.1) is 5.92 Å². The predicted molar refractivity (Wildman–Crippen MR) is 73.4 cm³/mol. The van der Waals surface area contributed by atoms with Crippen LogP contribution in [-0.4, -0.2) is 20.0 Å². The first-order chi connectivity index (χ1) is 9.15. The molecule has 0 saturated heterocycles. The van der Waals surface area contributed by atoms with E-state index in [1.54, 1.807) is 14.2 Å². The van der Waals surface area contributed by atoms with Crippen LogP contribution >= 0.6 is 0 Å². The molecule has 1 aromatic rings. The van der Waals surface area contributed by atoms with Gasteiger partial charge in [0.15, 0.2) is 0 Å². The van der Waals surface area contributed by atoms with E-state index < -0.39 is 0 Å². The predicted octanol–water partition coefficient (Wildman–Crippen LogP) is 2.46. The number of methoxy groups -OCH3 is 2. The fraction of sp³-hybridized carbons (Fsp3) is 0.533. The molecule has 1 unspecified atom stereocenters. The highest BCUT2D eigenvalue weighted by Crippen LogP contribution is 2.37. The van der Waals surface area contributed by atoms with Gasteiger partial charge in [0.1, 0.15) is 17.3 Å². The number of Topliss-reactive ketones (excluding diaryl/α,β-unsaturated/α-hetero) is 1. The van der Waals surface area contributed by atoms with Crippen LogP contribution in [0.3, 0.4) is 0 Å². The Morgan fingerprint density at radius 3 is 2.47 bits per heavy atom. The second-order valence-corrected chi connectivity index (χ2v) is 5.01. The van der Waals surface area contributed by atoms with Crippen LogP contribution in [0.1, 0.15) is 37.3 Å². The second kappa shape index (κ2) is 6.06. The first-order valence-electron chi connectivity index (χ1n) is 6.65. The number of ether oxygens (including phenoxy) is 2. The summed E-state index contributed by atoms with van der Waals surface area (Å²) in [6.07, 6.45) is 3.01. The summed E-state index contributed by atoms with van der Waals surface area (Å²) in [6, 6.07) is 5.56. The number of ketones is 1. The summed E-state index contributed by atoms with van der Waals surface area (Å²) >= 11 is 0. The molecule has 0 bridgehead atoms. The molecular formula is C15H21NO3. The second-order valence-electron chi connectivity index (χ2n) is 5.01. The number of carbonyl (C=O) groups excluding carboxylic acids is 1. The van der Waals surface area contributed by atoms with Gasteiger partial charge in [-0.15, -0.1) is 0 Å². The zero-order valence-corrected chi connectivity index (χ0v) is 11.5. The first kappa shape index (κ1) is 13.9. The molecule has 104 valence electrons. The van der Waals surface area contributed by atoms with Gasteiger partial charge in [-0.1, -0.05) is 0 Å². The molecular weight excluding hydrogens is 242 g/mol. The van der Waals surface area contributed by atoms with Crippen molar-refractivity contribution >= 4 is 5.78 Å². The third-order valence-corrected chi connectivity index (χ3v) is 3.89. The molecule has 1 saturated carbocycles. The van der Waals surface area contributed by atoms with Crippen molar-refractivity contribution in [3.05, 3.63) is 23.8 Å². The van der Waals surface area contributed by atoms with Crippen molar-refractivity contribution in [2.45, 2.75) is 31.7 Å². The summed E-state index contributed by atoms with van der Waals surface area (Å²) < 4.78 is 10.6. The van der Waals surface area contributed by atoms with Gasteiger partial charge in [0.25, 0.3) is 0 Å². The molecule has 1 fully saturated rings. The maximum Gasteiger partial charge on any atom is 0.132 e. The molecule has 19 heavy (non-hydrogen) atoms. The van der Waals surface area contributed by atoms with Gasteiger partial charge in [0.05, 0.1) is 14.2 Å². The summed E-state index contributed by atoms with van der Waals surface area (Å²) in [5.74, 6) is 2.24. The van der Waals surface area contributed by atoms with Crippen LogP contribution in [0.15, 0.2) is 18.2 Å². The molecule has 2 N–H and O–H groups in total. The summed E-state index contributed by atoms with van der Waals surface area (Å²) in [5.41, 5.74) is 7.33. The van der Waals surface area contributed by atoms with Crippen LogP contribution < -0.4 is 15.2 Å². The van der Waals surface area contributed by atoms with Crippen LogP contribution in [-0.2, 0) is 4.79 Å². The summed E-state index contributed by atoms with van der Waals surface area (Å²) in [7, 11) is 3.28. The zero-order valence-electron chi connectivity index (χ0n) is 11.5. The van der Waals surface area contributed by atoms with E-state index in [1.807, 2.05) is 18.2 Å². The Morgan fingerprint density at radius 2 is 1.89 bits per heavy atom. The molecule has 0 radical (unpaired) electrons. The Hall–Kier alpha value is -1.55. The lowest BCUT2D eigenvalue weighted by Gasteiger charge is -2.28. The van der Waals surface area contributed by atoms with E-state index in [0.29, 0.717) is 24.5 Å². The van der Waals surface area contributed by atoms with Gasteiger partial charge in [-0.2, -0.15) is 0 Å². The van der Waals surface area contributed by atoms with E-state index in [9.17, 15) is 4.79 Å². The lowest BCUT2D eigenvalue weighted by atomic mass is 9.81. The highest BCUT2D eigenvalue weighted by molar-refractivity contribution is 5.79. The zero-order chi connectivity index (χ0) is 13.8. The van der Waals surface area contributed by atoms with Gasteiger partial charge in [-0.05, 0) is 37.0 Å². The Kier molecular flexibility index (Phi) is 4.43. The maximum absolute atomic E-state index is 11.3. The van der Waals surface area contributed by atoms with Crippen LogP contribution in [0.5, 0.6) is 11.5 Å². The van der Waals surface area contributed by atoms with E-state index in [0.717, 1.165) is 29.9 Å². The average Bonchev–Trinajstić information content (AvgIpc) is 2.46. The smallest absolute Gasteiger partial charge is 0.132 e. The molecule has 0 aliphatic heterocycles. The number of rotatable bonds is 4. The Balaban J connectivity index is 2.21. The lowest BCUT2D eigenvalue weighted by Crippen LogP contribution is -2.26. The van der Waals surface area contributed by atoms with E-state index in [2.05, 4.69) is 0 Å². The van der Waals surface area contributed by atoms with Crippen LogP contribution in [0.2, 0.25) is 0 Å². The molecule has 1 aliphatic carbocycles. The lowest BCUT2D eigenvalue weighted by molar-refractivity contribution is -0.121. The highest BCUT2D eigenvalue weighted by atomic mass is 16.5. The third kappa shape index (κ3) is 3.07. The minimum Gasteiger partial charge on any atom is -0.497 e. The van der Waals surface area contributed by atoms with Gasteiger partial charge in [0, 0.05) is 24.4 Å². The Bertz CT molecular complexity index is 449. The number of benzene rings is 1. The van der Waals surface area contributed by atoms with E-state index in [-0.39, 0.29) is 6.04 Å². The van der Waals surface area contributed by atoms with Crippen LogP contribution in [0.25, 0.3) is 0 Å². The molecule has 1 aliphatic rings. The van der Waals surface area contributed by atoms with Crippen molar-refractivity contribution in [2.24, 2.45) is 11.7 Å². The minimum atomic E-state index is -0.113. The van der Waals surface area contributed by atoms with Gasteiger partial charge >= 0.3 is 0 Å². The SMILES string of the molecule is COc1ccc(OC)c(C(N)C2CCC(=O)CC2)c1. The summed E-state index contributed by atoms with van der Waals surface area (Å²) in [6.45, 7) is 0.